The molecule has 1 heterocycles. The van der Waals surface area contributed by atoms with Crippen LogP contribution in [-0.4, -0.2) is 62.7 Å². The van der Waals surface area contributed by atoms with E-state index in [9.17, 15) is 0 Å². The molecule has 0 amide bonds. The van der Waals surface area contributed by atoms with Crippen LogP contribution in [0.3, 0.4) is 0 Å². The summed E-state index contributed by atoms with van der Waals surface area (Å²) in [6.07, 6.45) is 6.74. The van der Waals surface area contributed by atoms with Crippen molar-refractivity contribution in [2.45, 2.75) is 45.1 Å². The van der Waals surface area contributed by atoms with E-state index in [0.717, 1.165) is 12.6 Å². The molecule has 1 aliphatic rings. The Balaban J connectivity index is 2.02. The summed E-state index contributed by atoms with van der Waals surface area (Å²) in [4.78, 5) is 4.99. The van der Waals surface area contributed by atoms with Gasteiger partial charge in [-0.05, 0) is 46.4 Å². The molecule has 1 aliphatic heterocycles. The van der Waals surface area contributed by atoms with Gasteiger partial charge in [0.15, 0.2) is 0 Å². The van der Waals surface area contributed by atoms with E-state index in [2.05, 4.69) is 36.1 Å². The van der Waals surface area contributed by atoms with E-state index in [0.29, 0.717) is 0 Å². The van der Waals surface area contributed by atoms with E-state index in [4.69, 9.17) is 0 Å². The molecule has 1 rings (SSSR count). The molecule has 0 spiro atoms. The lowest BCUT2D eigenvalue weighted by Crippen LogP contribution is -2.46. The summed E-state index contributed by atoms with van der Waals surface area (Å²) in [5.41, 5.74) is 0. The van der Waals surface area contributed by atoms with Gasteiger partial charge in [-0.1, -0.05) is 19.8 Å². The zero-order valence-electron chi connectivity index (χ0n) is 12.0. The van der Waals surface area contributed by atoms with Gasteiger partial charge >= 0.3 is 0 Å². The molecule has 1 atom stereocenters. The maximum atomic E-state index is 3.56. The average molecular weight is 241 g/mol. The fraction of sp³-hybridized carbons (Fsp3) is 1.00. The fourth-order valence-electron chi connectivity index (χ4n) is 2.52. The minimum atomic E-state index is 0.767. The molecular weight excluding hydrogens is 210 g/mol. The Kier molecular flexibility index (Phi) is 7.82. The molecule has 0 radical (unpaired) electrons. The molecule has 1 unspecified atom stereocenters. The lowest BCUT2D eigenvalue weighted by molar-refractivity contribution is 0.134. The quantitative estimate of drug-likeness (QED) is 0.654. The van der Waals surface area contributed by atoms with Gasteiger partial charge in [-0.2, -0.15) is 0 Å². The SMILES string of the molecule is CCCCCNCCN1CCCC(N(C)C)C1. The molecule has 0 aromatic carbocycles. The highest BCUT2D eigenvalue weighted by Gasteiger charge is 2.20. The van der Waals surface area contributed by atoms with Crippen LogP contribution in [0.5, 0.6) is 0 Å². The van der Waals surface area contributed by atoms with Crippen LogP contribution in [0, 0.1) is 0 Å². The monoisotopic (exact) mass is 241 g/mol. The molecule has 1 N–H and O–H groups in total. The fourth-order valence-corrected chi connectivity index (χ4v) is 2.52. The third-order valence-corrected chi connectivity index (χ3v) is 3.77. The molecule has 0 aliphatic carbocycles. The van der Waals surface area contributed by atoms with E-state index in [1.54, 1.807) is 0 Å². The first-order valence-corrected chi connectivity index (χ1v) is 7.33. The number of piperidine rings is 1. The first kappa shape index (κ1) is 14.9. The standard InChI is InChI=1S/C14H31N3/c1-4-5-6-9-15-10-12-17-11-7-8-14(13-17)16(2)3/h14-15H,4-13H2,1-3H3. The van der Waals surface area contributed by atoms with Crippen LogP contribution in [0.4, 0.5) is 0 Å². The predicted octanol–water partition coefficient (Wildman–Crippen LogP) is 1.79. The average Bonchev–Trinajstić information content (AvgIpc) is 2.34. The largest absolute Gasteiger partial charge is 0.315 e. The van der Waals surface area contributed by atoms with Gasteiger partial charge in [0.25, 0.3) is 0 Å². The highest BCUT2D eigenvalue weighted by atomic mass is 15.2. The van der Waals surface area contributed by atoms with Crippen LogP contribution in [-0.2, 0) is 0 Å². The summed E-state index contributed by atoms with van der Waals surface area (Å²) in [6.45, 7) is 8.37. The topological polar surface area (TPSA) is 18.5 Å². The van der Waals surface area contributed by atoms with Gasteiger partial charge in [-0.15, -0.1) is 0 Å². The Labute approximate surface area is 108 Å². The van der Waals surface area contributed by atoms with Crippen LogP contribution in [0.15, 0.2) is 0 Å². The van der Waals surface area contributed by atoms with Gasteiger partial charge in [0, 0.05) is 25.7 Å². The van der Waals surface area contributed by atoms with Crippen molar-refractivity contribution in [1.29, 1.82) is 0 Å². The van der Waals surface area contributed by atoms with Gasteiger partial charge in [0.1, 0.15) is 0 Å². The van der Waals surface area contributed by atoms with Gasteiger partial charge < -0.3 is 15.1 Å². The van der Waals surface area contributed by atoms with Gasteiger partial charge in [0.05, 0.1) is 0 Å². The Morgan fingerprint density at radius 1 is 1.24 bits per heavy atom. The second-order valence-corrected chi connectivity index (χ2v) is 5.52. The van der Waals surface area contributed by atoms with Crippen molar-refractivity contribution in [2.24, 2.45) is 0 Å². The van der Waals surface area contributed by atoms with Crippen molar-refractivity contribution < 1.29 is 0 Å². The van der Waals surface area contributed by atoms with Crippen molar-refractivity contribution in [3.05, 3.63) is 0 Å². The summed E-state index contributed by atoms with van der Waals surface area (Å²) in [6, 6.07) is 0.767. The van der Waals surface area contributed by atoms with Crippen LogP contribution in [0.2, 0.25) is 0 Å². The highest BCUT2D eigenvalue weighted by molar-refractivity contribution is 4.78. The van der Waals surface area contributed by atoms with Crippen molar-refractivity contribution in [1.82, 2.24) is 15.1 Å². The molecule has 3 heteroatoms. The molecule has 0 aromatic rings. The molecule has 0 aromatic heterocycles. The van der Waals surface area contributed by atoms with E-state index >= 15 is 0 Å². The zero-order valence-corrected chi connectivity index (χ0v) is 12.0. The second-order valence-electron chi connectivity index (χ2n) is 5.52. The van der Waals surface area contributed by atoms with Gasteiger partial charge in [-0.25, -0.2) is 0 Å². The Hall–Kier alpha value is -0.120. The zero-order chi connectivity index (χ0) is 12.5. The first-order valence-electron chi connectivity index (χ1n) is 7.33. The Morgan fingerprint density at radius 3 is 2.76 bits per heavy atom. The summed E-state index contributed by atoms with van der Waals surface area (Å²) >= 11 is 0. The molecular formula is C14H31N3. The lowest BCUT2D eigenvalue weighted by atomic mass is 10.1. The van der Waals surface area contributed by atoms with Crippen LogP contribution < -0.4 is 5.32 Å². The minimum absolute atomic E-state index is 0.767. The molecule has 17 heavy (non-hydrogen) atoms. The normalized spacial score (nSPS) is 22.2. The van der Waals surface area contributed by atoms with E-state index in [1.807, 2.05) is 0 Å². The number of likely N-dealkylation sites (tertiary alicyclic amines) is 1. The lowest BCUT2D eigenvalue weighted by Gasteiger charge is -2.36. The molecule has 1 saturated heterocycles. The number of likely N-dealkylation sites (N-methyl/N-ethyl adjacent to an activating group) is 1. The number of nitrogens with zero attached hydrogens (tertiary/aromatic N) is 2. The second kappa shape index (κ2) is 8.90. The molecule has 0 bridgehead atoms. The van der Waals surface area contributed by atoms with Crippen LogP contribution in [0.25, 0.3) is 0 Å². The number of hydrogen-bond acceptors (Lipinski definition) is 3. The van der Waals surface area contributed by atoms with Crippen molar-refractivity contribution in [3.63, 3.8) is 0 Å². The van der Waals surface area contributed by atoms with Crippen LogP contribution in [0.1, 0.15) is 39.0 Å². The number of unbranched alkanes of at least 4 members (excludes halogenated alkanes) is 2. The van der Waals surface area contributed by atoms with Crippen molar-refractivity contribution in [2.75, 3.05) is 46.8 Å². The molecule has 0 saturated carbocycles. The minimum Gasteiger partial charge on any atom is -0.315 e. The highest BCUT2D eigenvalue weighted by Crippen LogP contribution is 2.12. The van der Waals surface area contributed by atoms with Gasteiger partial charge in [0.2, 0.25) is 0 Å². The number of rotatable bonds is 8. The summed E-state index contributed by atoms with van der Waals surface area (Å²) in [5, 5.41) is 3.56. The molecule has 102 valence electrons. The maximum absolute atomic E-state index is 3.56. The molecule has 1 fully saturated rings. The maximum Gasteiger partial charge on any atom is 0.0217 e. The summed E-state index contributed by atoms with van der Waals surface area (Å²) < 4.78 is 0. The van der Waals surface area contributed by atoms with Gasteiger partial charge in [-0.3, -0.25) is 0 Å². The molecule has 3 nitrogen and oxygen atoms in total. The van der Waals surface area contributed by atoms with E-state index < -0.39 is 0 Å². The first-order chi connectivity index (χ1) is 8.24. The predicted molar refractivity (Wildman–Crippen MR) is 75.5 cm³/mol. The third-order valence-electron chi connectivity index (χ3n) is 3.77. The van der Waals surface area contributed by atoms with E-state index in [-0.39, 0.29) is 0 Å². The Morgan fingerprint density at radius 2 is 2.06 bits per heavy atom. The summed E-state index contributed by atoms with van der Waals surface area (Å²) in [5.74, 6) is 0. The van der Waals surface area contributed by atoms with E-state index in [1.165, 1.54) is 58.3 Å². The van der Waals surface area contributed by atoms with Crippen LogP contribution >= 0.6 is 0 Å². The van der Waals surface area contributed by atoms with Crippen molar-refractivity contribution >= 4 is 0 Å². The van der Waals surface area contributed by atoms with Crippen molar-refractivity contribution in [3.8, 4) is 0 Å². The Bertz CT molecular complexity index is 182. The number of nitrogens with one attached hydrogen (secondary N) is 1. The smallest absolute Gasteiger partial charge is 0.0217 e. The summed E-state index contributed by atoms with van der Waals surface area (Å²) in [7, 11) is 4.41. The number of hydrogen-bond donors (Lipinski definition) is 1. The third kappa shape index (κ3) is 6.39.